The number of piperidine rings is 1. The van der Waals surface area contributed by atoms with Crippen molar-refractivity contribution in [1.82, 2.24) is 20.5 Å². The fraction of sp³-hybridized carbons (Fsp3) is 0.414. The molecule has 1 unspecified atom stereocenters. The van der Waals surface area contributed by atoms with Crippen LogP contribution in [0.25, 0.3) is 0 Å². The highest BCUT2D eigenvalue weighted by Gasteiger charge is 2.54. The molecule has 4 rings (SSSR count). The fourth-order valence-electron chi connectivity index (χ4n) is 5.38. The number of hydrazone groups is 1. The van der Waals surface area contributed by atoms with E-state index in [1.54, 1.807) is 24.1 Å². The molecule has 12 heteroatoms. The van der Waals surface area contributed by atoms with Gasteiger partial charge in [0.1, 0.15) is 22.8 Å². The summed E-state index contributed by atoms with van der Waals surface area (Å²) in [4.78, 5) is 53.5. The molecule has 0 radical (unpaired) electrons. The topological polar surface area (TPSA) is 131 Å². The summed E-state index contributed by atoms with van der Waals surface area (Å²) in [6.45, 7) is 3.12. The quantitative estimate of drug-likeness (QED) is 0.391. The number of aryl methyl sites for hydroxylation is 1. The molecule has 2 atom stereocenters. The molecular formula is C29H33BrFN5O5. The van der Waals surface area contributed by atoms with Crippen LogP contribution < -0.4 is 10.6 Å². The van der Waals surface area contributed by atoms with E-state index in [-0.39, 0.29) is 31.8 Å². The van der Waals surface area contributed by atoms with Crippen LogP contribution in [0, 0.1) is 11.2 Å². The van der Waals surface area contributed by atoms with Crippen molar-refractivity contribution in [3.8, 4) is 0 Å². The molecule has 2 aliphatic heterocycles. The van der Waals surface area contributed by atoms with E-state index in [4.69, 9.17) is 0 Å². The molecule has 2 aromatic carbocycles. The zero-order chi connectivity index (χ0) is 29.9. The van der Waals surface area contributed by atoms with E-state index >= 15 is 0 Å². The molecule has 0 saturated carbocycles. The number of carbonyl (C=O) groups excluding carboxylic acids is 3. The summed E-state index contributed by atoms with van der Waals surface area (Å²) in [5.74, 6) is -1.80. The van der Waals surface area contributed by atoms with E-state index < -0.39 is 40.7 Å². The first-order valence-electron chi connectivity index (χ1n) is 13.3. The predicted octanol–water partition coefficient (Wildman–Crippen LogP) is 3.34. The van der Waals surface area contributed by atoms with Crippen molar-refractivity contribution in [1.29, 1.82) is 0 Å². The zero-order valence-corrected chi connectivity index (χ0v) is 24.7. The van der Waals surface area contributed by atoms with Crippen LogP contribution >= 0.6 is 15.9 Å². The van der Waals surface area contributed by atoms with Crippen LogP contribution in [0.2, 0.25) is 0 Å². The van der Waals surface area contributed by atoms with Crippen LogP contribution in [0.1, 0.15) is 37.8 Å². The summed E-state index contributed by atoms with van der Waals surface area (Å²) >= 11 is 3.23. The number of fused-ring (bicyclic) bond motifs is 1. The third kappa shape index (κ3) is 6.58. The Labute approximate surface area is 246 Å². The molecule has 0 aromatic heterocycles. The lowest BCUT2D eigenvalue weighted by molar-refractivity contribution is -0.142. The van der Waals surface area contributed by atoms with Gasteiger partial charge < -0.3 is 20.6 Å². The minimum Gasteiger partial charge on any atom is -0.465 e. The second-order valence-corrected chi connectivity index (χ2v) is 11.9. The maximum absolute atomic E-state index is 14.6. The first kappa shape index (κ1) is 30.2. The van der Waals surface area contributed by atoms with Crippen LogP contribution in [-0.4, -0.2) is 76.3 Å². The number of hydrogen-bond acceptors (Lipinski definition) is 5. The highest BCUT2D eigenvalue weighted by atomic mass is 79.9. The van der Waals surface area contributed by atoms with Crippen molar-refractivity contribution in [3.63, 3.8) is 0 Å². The number of hydrogen-bond donors (Lipinski definition) is 3. The number of halogens is 2. The molecule has 1 fully saturated rings. The predicted molar refractivity (Wildman–Crippen MR) is 154 cm³/mol. The molecule has 2 aromatic rings. The van der Waals surface area contributed by atoms with Gasteiger partial charge in [-0.3, -0.25) is 14.4 Å². The molecular weight excluding hydrogens is 597 g/mol. The number of benzene rings is 2. The molecule has 0 aliphatic carbocycles. The van der Waals surface area contributed by atoms with Gasteiger partial charge in [0.05, 0.1) is 5.71 Å². The minimum atomic E-state index is -1.53. The molecule has 10 nitrogen and oxygen atoms in total. The van der Waals surface area contributed by atoms with Gasteiger partial charge in [0.25, 0.3) is 5.91 Å². The van der Waals surface area contributed by atoms with Crippen LogP contribution in [-0.2, 0) is 27.2 Å². The Morgan fingerprint density at radius 3 is 2.56 bits per heavy atom. The van der Waals surface area contributed by atoms with E-state index in [9.17, 15) is 28.7 Å². The van der Waals surface area contributed by atoms with Crippen molar-refractivity contribution < 1.29 is 28.7 Å². The third-order valence-electron chi connectivity index (χ3n) is 7.57. The number of likely N-dealkylation sites (tertiary alicyclic amines) is 1. The SMILES string of the molecule is CN1N=C2CCN(C(=O)C(CCc3ccc(Br)cc3F)NC(=O)C(C)(C)NC(=O)O)C[C@@]2(Cc2ccccc2)C1=O. The van der Waals surface area contributed by atoms with Gasteiger partial charge in [0.15, 0.2) is 0 Å². The monoisotopic (exact) mass is 629 g/mol. The summed E-state index contributed by atoms with van der Waals surface area (Å²) in [6, 6.07) is 13.0. The van der Waals surface area contributed by atoms with Gasteiger partial charge in [-0.15, -0.1) is 0 Å². The Hall–Kier alpha value is -3.80. The van der Waals surface area contributed by atoms with Gasteiger partial charge in [0, 0.05) is 31.0 Å². The Kier molecular flexibility index (Phi) is 8.81. The second-order valence-electron chi connectivity index (χ2n) is 11.0. The highest BCUT2D eigenvalue weighted by Crippen LogP contribution is 2.38. The third-order valence-corrected chi connectivity index (χ3v) is 8.07. The first-order valence-corrected chi connectivity index (χ1v) is 14.1. The van der Waals surface area contributed by atoms with Crippen molar-refractivity contribution in [3.05, 3.63) is 69.9 Å². The van der Waals surface area contributed by atoms with Crippen LogP contribution in [0.15, 0.2) is 58.1 Å². The molecule has 2 aliphatic rings. The number of nitrogens with one attached hydrogen (secondary N) is 2. The summed E-state index contributed by atoms with van der Waals surface area (Å²) in [5, 5.41) is 19.8. The average Bonchev–Trinajstić information content (AvgIpc) is 3.15. The molecule has 0 spiro atoms. The van der Waals surface area contributed by atoms with E-state index in [0.29, 0.717) is 28.6 Å². The normalized spacial score (nSPS) is 19.3. The Bertz CT molecular complexity index is 1380. The van der Waals surface area contributed by atoms with E-state index in [1.165, 1.54) is 24.9 Å². The average molecular weight is 631 g/mol. The lowest BCUT2D eigenvalue weighted by Gasteiger charge is -2.41. The first-order chi connectivity index (χ1) is 19.3. The van der Waals surface area contributed by atoms with Gasteiger partial charge in [-0.1, -0.05) is 52.3 Å². The number of carboxylic acid groups (broad SMARTS) is 1. The van der Waals surface area contributed by atoms with E-state index in [0.717, 1.165) is 5.56 Å². The van der Waals surface area contributed by atoms with Crippen molar-refractivity contribution in [2.75, 3.05) is 20.1 Å². The molecule has 4 amide bonds. The van der Waals surface area contributed by atoms with E-state index in [2.05, 4.69) is 31.7 Å². The van der Waals surface area contributed by atoms with E-state index in [1.807, 2.05) is 30.3 Å². The smallest absolute Gasteiger partial charge is 0.405 e. The fourth-order valence-corrected chi connectivity index (χ4v) is 5.71. The molecule has 41 heavy (non-hydrogen) atoms. The Balaban J connectivity index is 1.61. The van der Waals surface area contributed by atoms with Gasteiger partial charge in [-0.2, -0.15) is 5.10 Å². The lowest BCUT2D eigenvalue weighted by Crippen LogP contribution is -2.61. The summed E-state index contributed by atoms with van der Waals surface area (Å²) in [7, 11) is 1.60. The molecule has 2 heterocycles. The lowest BCUT2D eigenvalue weighted by atomic mass is 9.73. The summed E-state index contributed by atoms with van der Waals surface area (Å²) < 4.78 is 15.2. The summed E-state index contributed by atoms with van der Waals surface area (Å²) in [5.41, 5.74) is -0.574. The van der Waals surface area contributed by atoms with Crippen LogP contribution in [0.4, 0.5) is 9.18 Å². The largest absolute Gasteiger partial charge is 0.465 e. The van der Waals surface area contributed by atoms with Gasteiger partial charge >= 0.3 is 6.09 Å². The second kappa shape index (κ2) is 12.0. The van der Waals surface area contributed by atoms with Crippen LogP contribution in [0.3, 0.4) is 0 Å². The van der Waals surface area contributed by atoms with Gasteiger partial charge in [-0.25, -0.2) is 14.2 Å². The molecule has 218 valence electrons. The standard InChI is InChI=1S/C29H33BrFN5O5/c1-28(2,33-27(40)41)25(38)32-22(12-10-19-9-11-20(30)15-21(19)31)24(37)36-14-13-23-29(17-36,26(39)35(3)34-23)16-18-7-5-4-6-8-18/h4-9,11,15,22,33H,10,12-14,16-17H2,1-3H3,(H,32,38)(H,40,41)/t22?,29-/m1/s1. The number of carbonyl (C=O) groups is 4. The molecule has 3 N–H and O–H groups in total. The van der Waals surface area contributed by atoms with Gasteiger partial charge in [-0.05, 0) is 56.4 Å². The van der Waals surface area contributed by atoms with Crippen molar-refractivity contribution in [2.45, 2.75) is 51.1 Å². The zero-order valence-electron chi connectivity index (χ0n) is 23.1. The number of rotatable bonds is 9. The van der Waals surface area contributed by atoms with Crippen molar-refractivity contribution in [2.24, 2.45) is 10.5 Å². The maximum Gasteiger partial charge on any atom is 0.405 e. The number of nitrogens with zero attached hydrogens (tertiary/aromatic N) is 3. The molecule has 0 bridgehead atoms. The summed E-state index contributed by atoms with van der Waals surface area (Å²) in [6.07, 6.45) is -0.457. The number of amides is 4. The Morgan fingerprint density at radius 1 is 1.20 bits per heavy atom. The van der Waals surface area contributed by atoms with Gasteiger partial charge in [0.2, 0.25) is 11.8 Å². The maximum atomic E-state index is 14.6. The minimum absolute atomic E-state index is 0.0588. The Morgan fingerprint density at radius 2 is 1.90 bits per heavy atom. The van der Waals surface area contributed by atoms with Crippen LogP contribution in [0.5, 0.6) is 0 Å². The highest BCUT2D eigenvalue weighted by molar-refractivity contribution is 9.10. The molecule has 1 saturated heterocycles. The van der Waals surface area contributed by atoms with Crippen molar-refractivity contribution >= 4 is 45.5 Å².